The van der Waals surface area contributed by atoms with E-state index in [0.29, 0.717) is 22.9 Å². The summed E-state index contributed by atoms with van der Waals surface area (Å²) in [5, 5.41) is 25.9. The van der Waals surface area contributed by atoms with E-state index in [-0.39, 0.29) is 11.3 Å². The van der Waals surface area contributed by atoms with E-state index >= 15 is 0 Å². The Kier molecular flexibility index (Phi) is 6.41. The van der Waals surface area contributed by atoms with Crippen molar-refractivity contribution in [3.63, 3.8) is 0 Å². The molecule has 0 bridgehead atoms. The number of nitro groups is 2. The molecule has 0 aliphatic rings. The number of benzene rings is 3. The van der Waals surface area contributed by atoms with E-state index in [2.05, 4.69) is 10.3 Å². The van der Waals surface area contributed by atoms with Crippen molar-refractivity contribution in [2.45, 2.75) is 0 Å². The third-order valence-electron chi connectivity index (χ3n) is 4.33. The van der Waals surface area contributed by atoms with Crippen LogP contribution in [0.1, 0.15) is 5.56 Å². The molecular weight excluding hydrogens is 404 g/mol. The summed E-state index contributed by atoms with van der Waals surface area (Å²) >= 11 is 0. The van der Waals surface area contributed by atoms with Gasteiger partial charge in [0.1, 0.15) is 11.5 Å². The van der Waals surface area contributed by atoms with E-state index in [1.807, 2.05) is 0 Å². The maximum absolute atomic E-state index is 11.6. The first kappa shape index (κ1) is 21.2. The van der Waals surface area contributed by atoms with Crippen molar-refractivity contribution in [1.82, 2.24) is 0 Å². The van der Waals surface area contributed by atoms with Crippen molar-refractivity contribution in [3.8, 4) is 11.5 Å². The van der Waals surface area contributed by atoms with Crippen molar-refractivity contribution < 1.29 is 19.3 Å². The van der Waals surface area contributed by atoms with Crippen molar-refractivity contribution in [3.05, 3.63) is 86.5 Å². The molecule has 0 aromatic heterocycles. The van der Waals surface area contributed by atoms with Crippen LogP contribution in [0.4, 0.5) is 28.4 Å². The topological polar surface area (TPSA) is 129 Å². The fourth-order valence-electron chi connectivity index (χ4n) is 2.76. The molecule has 10 heteroatoms. The predicted molar refractivity (Wildman–Crippen MR) is 116 cm³/mol. The average molecular weight is 422 g/mol. The van der Waals surface area contributed by atoms with E-state index in [1.165, 1.54) is 26.5 Å². The average Bonchev–Trinajstić information content (AvgIpc) is 2.78. The monoisotopic (exact) mass is 422 g/mol. The van der Waals surface area contributed by atoms with Crippen LogP contribution in [0.2, 0.25) is 0 Å². The Labute approximate surface area is 177 Å². The van der Waals surface area contributed by atoms with Gasteiger partial charge in [0.15, 0.2) is 0 Å². The van der Waals surface area contributed by atoms with Crippen LogP contribution in [-0.4, -0.2) is 30.3 Å². The molecule has 1 N–H and O–H groups in total. The number of ether oxygens (including phenoxy) is 2. The van der Waals surface area contributed by atoms with Crippen LogP contribution < -0.4 is 14.8 Å². The Morgan fingerprint density at radius 2 is 1.45 bits per heavy atom. The van der Waals surface area contributed by atoms with Crippen LogP contribution >= 0.6 is 0 Å². The Morgan fingerprint density at radius 1 is 0.871 bits per heavy atom. The summed E-state index contributed by atoms with van der Waals surface area (Å²) in [5.74, 6) is 1.26. The van der Waals surface area contributed by atoms with Crippen LogP contribution in [0.5, 0.6) is 11.5 Å². The Morgan fingerprint density at radius 3 is 1.97 bits per heavy atom. The summed E-state index contributed by atoms with van der Waals surface area (Å²) in [6, 6.07) is 15.7. The summed E-state index contributed by atoms with van der Waals surface area (Å²) in [4.78, 5) is 25.9. The van der Waals surface area contributed by atoms with Crippen LogP contribution in [0.25, 0.3) is 0 Å². The summed E-state index contributed by atoms with van der Waals surface area (Å²) in [6.45, 7) is 0. The van der Waals surface area contributed by atoms with E-state index < -0.39 is 21.2 Å². The highest BCUT2D eigenvalue weighted by atomic mass is 16.6. The minimum atomic E-state index is -0.684. The highest BCUT2D eigenvalue weighted by Crippen LogP contribution is 2.34. The zero-order valence-corrected chi connectivity index (χ0v) is 16.6. The molecule has 0 aliphatic carbocycles. The molecule has 158 valence electrons. The largest absolute Gasteiger partial charge is 0.497 e. The van der Waals surface area contributed by atoms with Gasteiger partial charge in [0.2, 0.25) is 0 Å². The molecule has 0 radical (unpaired) electrons. The molecule has 3 rings (SSSR count). The van der Waals surface area contributed by atoms with Gasteiger partial charge in [-0.3, -0.25) is 25.2 Å². The summed E-state index contributed by atoms with van der Waals surface area (Å²) in [5.41, 5.74) is 0.510. The number of aliphatic imine (C=N–C) groups is 1. The molecule has 0 saturated carbocycles. The van der Waals surface area contributed by atoms with Gasteiger partial charge in [0.25, 0.3) is 11.4 Å². The normalized spacial score (nSPS) is 10.6. The lowest BCUT2D eigenvalue weighted by Crippen LogP contribution is -2.03. The zero-order valence-electron chi connectivity index (χ0n) is 16.6. The lowest BCUT2D eigenvalue weighted by Gasteiger charge is -2.11. The molecule has 3 aromatic rings. The van der Waals surface area contributed by atoms with Gasteiger partial charge >= 0.3 is 0 Å². The van der Waals surface area contributed by atoms with Crippen LogP contribution in [-0.2, 0) is 0 Å². The zero-order chi connectivity index (χ0) is 22.4. The maximum Gasteiger partial charge on any atom is 0.287 e. The van der Waals surface area contributed by atoms with Gasteiger partial charge in [0.05, 0.1) is 47.1 Å². The van der Waals surface area contributed by atoms with Gasteiger partial charge < -0.3 is 14.8 Å². The third kappa shape index (κ3) is 5.12. The molecule has 0 spiro atoms. The molecule has 10 nitrogen and oxygen atoms in total. The molecule has 0 saturated heterocycles. The number of nitrogens with one attached hydrogen (secondary N) is 1. The van der Waals surface area contributed by atoms with Gasteiger partial charge in [-0.05, 0) is 48.5 Å². The number of methoxy groups -OCH3 is 2. The van der Waals surface area contributed by atoms with E-state index in [1.54, 1.807) is 48.5 Å². The minimum Gasteiger partial charge on any atom is -0.497 e. The molecular formula is C21H18N4O6. The lowest BCUT2D eigenvalue weighted by atomic mass is 10.1. The first-order valence-electron chi connectivity index (χ1n) is 8.97. The van der Waals surface area contributed by atoms with Crippen molar-refractivity contribution in [2.75, 3.05) is 19.5 Å². The molecule has 3 aromatic carbocycles. The second kappa shape index (κ2) is 9.35. The van der Waals surface area contributed by atoms with Gasteiger partial charge in [-0.25, -0.2) is 0 Å². The first-order valence-corrected chi connectivity index (χ1v) is 8.97. The van der Waals surface area contributed by atoms with Gasteiger partial charge in [-0.15, -0.1) is 0 Å². The Balaban J connectivity index is 2.07. The van der Waals surface area contributed by atoms with Crippen LogP contribution in [0.3, 0.4) is 0 Å². The van der Waals surface area contributed by atoms with Crippen molar-refractivity contribution in [1.29, 1.82) is 0 Å². The first-order chi connectivity index (χ1) is 14.9. The second-order valence-electron chi connectivity index (χ2n) is 6.25. The molecule has 0 unspecified atom stereocenters. The minimum absolute atomic E-state index is 0.0993. The number of hydrogen-bond acceptors (Lipinski definition) is 8. The molecule has 0 atom stereocenters. The van der Waals surface area contributed by atoms with Crippen molar-refractivity contribution in [2.24, 2.45) is 4.99 Å². The number of anilines is 2. The predicted octanol–water partition coefficient (Wildman–Crippen LogP) is 5.01. The quantitative estimate of drug-likeness (QED) is 0.307. The van der Waals surface area contributed by atoms with Gasteiger partial charge in [0, 0.05) is 18.0 Å². The number of nitrogens with zero attached hydrogens (tertiary/aromatic N) is 3. The second-order valence-corrected chi connectivity index (χ2v) is 6.25. The Bertz CT molecular complexity index is 1130. The highest BCUT2D eigenvalue weighted by molar-refractivity contribution is 5.96. The van der Waals surface area contributed by atoms with Crippen molar-refractivity contribution >= 4 is 34.7 Å². The summed E-state index contributed by atoms with van der Waals surface area (Å²) in [6.07, 6.45) is 1.30. The van der Waals surface area contributed by atoms with Crippen LogP contribution in [0.15, 0.2) is 65.7 Å². The smallest absolute Gasteiger partial charge is 0.287 e. The fourth-order valence-corrected chi connectivity index (χ4v) is 2.76. The third-order valence-corrected chi connectivity index (χ3v) is 4.33. The fraction of sp³-hybridized carbons (Fsp3) is 0.0952. The number of nitro benzene ring substituents is 2. The number of hydrogen-bond donors (Lipinski definition) is 1. The molecule has 0 amide bonds. The number of rotatable bonds is 8. The van der Waals surface area contributed by atoms with E-state index in [9.17, 15) is 20.2 Å². The Hall–Kier alpha value is -4.47. The van der Waals surface area contributed by atoms with E-state index in [0.717, 1.165) is 6.07 Å². The number of non-ortho nitro benzene ring substituents is 1. The standard InChI is InChI=1S/C21H18N4O6/c1-30-17-7-3-14(4-8-17)22-13-19-20(23-15-5-9-18(31-2)10-6-15)11-16(24(26)27)12-21(19)25(28)29/h3-13,23H,1-2H3. The maximum atomic E-state index is 11.6. The summed E-state index contributed by atoms with van der Waals surface area (Å²) in [7, 11) is 3.07. The lowest BCUT2D eigenvalue weighted by molar-refractivity contribution is -0.394. The van der Waals surface area contributed by atoms with Gasteiger partial charge in [-0.1, -0.05) is 0 Å². The molecule has 31 heavy (non-hydrogen) atoms. The van der Waals surface area contributed by atoms with E-state index in [4.69, 9.17) is 9.47 Å². The SMILES string of the molecule is COc1ccc(N=Cc2c(Nc3ccc(OC)cc3)cc([N+](=O)[O-])cc2[N+](=O)[O-])cc1. The summed E-state index contributed by atoms with van der Waals surface area (Å²) < 4.78 is 10.2. The van der Waals surface area contributed by atoms with Gasteiger partial charge in [-0.2, -0.15) is 0 Å². The van der Waals surface area contributed by atoms with Crippen LogP contribution in [0, 0.1) is 20.2 Å². The highest BCUT2D eigenvalue weighted by Gasteiger charge is 2.23. The molecule has 0 fully saturated rings. The molecule has 0 aliphatic heterocycles. The molecule has 0 heterocycles.